The Bertz CT molecular complexity index is 576. The van der Waals surface area contributed by atoms with Crippen molar-refractivity contribution >= 4 is 5.78 Å². The van der Waals surface area contributed by atoms with Crippen molar-refractivity contribution in [2.75, 3.05) is 7.11 Å². The van der Waals surface area contributed by atoms with Crippen LogP contribution in [0.2, 0.25) is 0 Å². The number of pyridine rings is 1. The van der Waals surface area contributed by atoms with E-state index in [1.807, 2.05) is 43.3 Å². The van der Waals surface area contributed by atoms with Crippen molar-refractivity contribution in [3.8, 4) is 5.75 Å². The van der Waals surface area contributed by atoms with Crippen LogP contribution in [0.15, 0.2) is 42.6 Å². The van der Waals surface area contributed by atoms with E-state index >= 15 is 0 Å². The van der Waals surface area contributed by atoms with Crippen LogP contribution in [0.3, 0.4) is 0 Å². The lowest BCUT2D eigenvalue weighted by atomic mass is 10.0. The van der Waals surface area contributed by atoms with Gasteiger partial charge < -0.3 is 4.74 Å². The first-order chi connectivity index (χ1) is 9.69. The van der Waals surface area contributed by atoms with E-state index < -0.39 is 0 Å². The summed E-state index contributed by atoms with van der Waals surface area (Å²) < 4.78 is 5.11. The minimum absolute atomic E-state index is 0.225. The predicted octanol–water partition coefficient (Wildman–Crippen LogP) is 3.14. The van der Waals surface area contributed by atoms with Gasteiger partial charge in [-0.15, -0.1) is 0 Å². The third-order valence-corrected chi connectivity index (χ3v) is 3.33. The largest absolute Gasteiger partial charge is 0.497 e. The Kier molecular flexibility index (Phi) is 4.88. The second-order valence-electron chi connectivity index (χ2n) is 4.83. The van der Waals surface area contributed by atoms with Crippen LogP contribution in [-0.2, 0) is 17.6 Å². The van der Waals surface area contributed by atoms with Crippen molar-refractivity contribution in [1.29, 1.82) is 0 Å². The van der Waals surface area contributed by atoms with Crippen LogP contribution in [-0.4, -0.2) is 17.9 Å². The van der Waals surface area contributed by atoms with E-state index in [0.717, 1.165) is 29.0 Å². The van der Waals surface area contributed by atoms with Crippen molar-refractivity contribution in [1.82, 2.24) is 4.98 Å². The number of ketones is 1. The number of benzene rings is 1. The second kappa shape index (κ2) is 6.85. The molecule has 0 amide bonds. The number of aryl methyl sites for hydroxylation is 2. The molecular formula is C17H19NO2. The maximum atomic E-state index is 12.0. The Morgan fingerprint density at radius 1 is 1.20 bits per heavy atom. The predicted molar refractivity (Wildman–Crippen MR) is 79.0 cm³/mol. The minimum Gasteiger partial charge on any atom is -0.497 e. The van der Waals surface area contributed by atoms with Gasteiger partial charge in [-0.25, -0.2) is 0 Å². The van der Waals surface area contributed by atoms with Gasteiger partial charge in [0, 0.05) is 19.0 Å². The lowest BCUT2D eigenvalue weighted by Crippen LogP contribution is -2.07. The maximum Gasteiger partial charge on any atom is 0.139 e. The molecule has 2 rings (SSSR count). The summed E-state index contributed by atoms with van der Waals surface area (Å²) in [4.78, 5) is 16.3. The zero-order valence-electron chi connectivity index (χ0n) is 11.9. The first-order valence-electron chi connectivity index (χ1n) is 6.74. The number of hydrogen-bond acceptors (Lipinski definition) is 3. The fourth-order valence-corrected chi connectivity index (χ4v) is 2.05. The van der Waals surface area contributed by atoms with Crippen LogP contribution >= 0.6 is 0 Å². The Morgan fingerprint density at radius 3 is 2.60 bits per heavy atom. The standard InChI is InChI=1S/C17H19NO2/c1-13-4-3-11-18-17(13)12-15(19)8-5-14-6-9-16(20-2)10-7-14/h3-4,6-7,9-11H,5,8,12H2,1-2H3. The highest BCUT2D eigenvalue weighted by atomic mass is 16.5. The molecule has 2 aromatic rings. The van der Waals surface area contributed by atoms with Crippen LogP contribution < -0.4 is 4.74 Å². The average molecular weight is 269 g/mol. The summed E-state index contributed by atoms with van der Waals surface area (Å²) in [7, 11) is 1.65. The molecule has 0 spiro atoms. The lowest BCUT2D eigenvalue weighted by molar-refractivity contribution is -0.118. The van der Waals surface area contributed by atoms with Crippen LogP contribution in [0.4, 0.5) is 0 Å². The molecule has 0 atom stereocenters. The molecule has 20 heavy (non-hydrogen) atoms. The van der Waals surface area contributed by atoms with E-state index in [1.54, 1.807) is 13.3 Å². The van der Waals surface area contributed by atoms with E-state index in [4.69, 9.17) is 4.74 Å². The fraction of sp³-hybridized carbons (Fsp3) is 0.294. The van der Waals surface area contributed by atoms with Crippen molar-refractivity contribution in [2.45, 2.75) is 26.2 Å². The summed E-state index contributed by atoms with van der Waals surface area (Å²) in [6.45, 7) is 1.99. The number of carbonyl (C=O) groups excluding carboxylic acids is 1. The van der Waals surface area contributed by atoms with Crippen molar-refractivity contribution in [2.24, 2.45) is 0 Å². The van der Waals surface area contributed by atoms with Crippen molar-refractivity contribution in [3.63, 3.8) is 0 Å². The van der Waals surface area contributed by atoms with E-state index in [9.17, 15) is 4.79 Å². The van der Waals surface area contributed by atoms with Gasteiger partial charge in [-0.05, 0) is 42.7 Å². The lowest BCUT2D eigenvalue weighted by Gasteiger charge is -2.05. The molecule has 104 valence electrons. The molecule has 0 radical (unpaired) electrons. The van der Waals surface area contributed by atoms with Gasteiger partial charge in [0.1, 0.15) is 11.5 Å². The molecule has 0 aliphatic carbocycles. The molecule has 0 aliphatic heterocycles. The topological polar surface area (TPSA) is 39.2 Å². The highest BCUT2D eigenvalue weighted by Crippen LogP contribution is 2.13. The third-order valence-electron chi connectivity index (χ3n) is 3.33. The van der Waals surface area contributed by atoms with Gasteiger partial charge in [-0.1, -0.05) is 18.2 Å². The number of carbonyl (C=O) groups is 1. The molecule has 1 aromatic heterocycles. The molecule has 0 saturated carbocycles. The number of rotatable bonds is 6. The molecule has 0 aliphatic rings. The van der Waals surface area contributed by atoms with Gasteiger partial charge in [0.15, 0.2) is 0 Å². The van der Waals surface area contributed by atoms with Gasteiger partial charge in [0.05, 0.1) is 12.8 Å². The molecule has 0 saturated heterocycles. The average Bonchev–Trinajstić information content (AvgIpc) is 2.48. The maximum absolute atomic E-state index is 12.0. The highest BCUT2D eigenvalue weighted by Gasteiger charge is 2.07. The highest BCUT2D eigenvalue weighted by molar-refractivity contribution is 5.80. The fourth-order valence-electron chi connectivity index (χ4n) is 2.05. The molecule has 0 N–H and O–H groups in total. The SMILES string of the molecule is COc1ccc(CCC(=O)Cc2ncccc2C)cc1. The normalized spacial score (nSPS) is 10.3. The van der Waals surface area contributed by atoms with Crippen LogP contribution in [0.5, 0.6) is 5.75 Å². The molecule has 0 fully saturated rings. The van der Waals surface area contributed by atoms with Gasteiger partial charge in [0.2, 0.25) is 0 Å². The summed E-state index contributed by atoms with van der Waals surface area (Å²) in [6.07, 6.45) is 3.46. The van der Waals surface area contributed by atoms with E-state index in [2.05, 4.69) is 4.98 Å². The van der Waals surface area contributed by atoms with Gasteiger partial charge in [-0.3, -0.25) is 9.78 Å². The Balaban J connectivity index is 1.87. The number of Topliss-reactive ketones (excluding diaryl/α,β-unsaturated/α-hetero) is 1. The van der Waals surface area contributed by atoms with Gasteiger partial charge in [0.25, 0.3) is 0 Å². The Hall–Kier alpha value is -2.16. The second-order valence-corrected chi connectivity index (χ2v) is 4.83. The van der Waals surface area contributed by atoms with E-state index in [-0.39, 0.29) is 5.78 Å². The number of nitrogens with zero attached hydrogens (tertiary/aromatic N) is 1. The minimum atomic E-state index is 0.225. The Morgan fingerprint density at radius 2 is 1.95 bits per heavy atom. The van der Waals surface area contributed by atoms with Gasteiger partial charge >= 0.3 is 0 Å². The molecule has 3 nitrogen and oxygen atoms in total. The van der Waals surface area contributed by atoms with Crippen LogP contribution in [0, 0.1) is 6.92 Å². The van der Waals surface area contributed by atoms with Crippen molar-refractivity contribution < 1.29 is 9.53 Å². The molecule has 1 aromatic carbocycles. The van der Waals surface area contributed by atoms with E-state index in [1.165, 1.54) is 0 Å². The summed E-state index contributed by atoms with van der Waals surface area (Å²) >= 11 is 0. The summed E-state index contributed by atoms with van der Waals surface area (Å²) in [5.74, 6) is 1.06. The Labute approximate surface area is 119 Å². The molecule has 0 bridgehead atoms. The number of aromatic nitrogens is 1. The quantitative estimate of drug-likeness (QED) is 0.808. The number of ether oxygens (including phenoxy) is 1. The van der Waals surface area contributed by atoms with Crippen molar-refractivity contribution in [3.05, 3.63) is 59.4 Å². The smallest absolute Gasteiger partial charge is 0.139 e. The number of hydrogen-bond donors (Lipinski definition) is 0. The first kappa shape index (κ1) is 14.3. The first-order valence-corrected chi connectivity index (χ1v) is 6.74. The monoisotopic (exact) mass is 269 g/mol. The zero-order chi connectivity index (χ0) is 14.4. The molecule has 1 heterocycles. The zero-order valence-corrected chi connectivity index (χ0v) is 11.9. The molecule has 0 unspecified atom stereocenters. The molecule has 3 heteroatoms. The van der Waals surface area contributed by atoms with Crippen LogP contribution in [0.1, 0.15) is 23.2 Å². The number of methoxy groups -OCH3 is 1. The van der Waals surface area contributed by atoms with Crippen LogP contribution in [0.25, 0.3) is 0 Å². The third kappa shape index (κ3) is 3.92. The molecular weight excluding hydrogens is 250 g/mol. The summed E-state index contributed by atoms with van der Waals surface area (Å²) in [6, 6.07) is 11.7. The summed E-state index contributed by atoms with van der Waals surface area (Å²) in [5, 5.41) is 0. The van der Waals surface area contributed by atoms with E-state index in [0.29, 0.717) is 12.8 Å². The summed E-state index contributed by atoms with van der Waals surface area (Å²) in [5.41, 5.74) is 3.11. The van der Waals surface area contributed by atoms with Gasteiger partial charge in [-0.2, -0.15) is 0 Å².